The molecular weight excluding hydrogens is 324 g/mol. The molecule has 0 spiro atoms. The fourth-order valence-electron chi connectivity index (χ4n) is 1.92. The van der Waals surface area contributed by atoms with Crippen LogP contribution in [0, 0.1) is 0 Å². The number of rotatable bonds is 4. The maximum Gasteiger partial charge on any atom is 0.127 e. The third-order valence-corrected chi connectivity index (χ3v) is 3.81. The second-order valence-corrected chi connectivity index (χ2v) is 5.60. The Kier molecular flexibility index (Phi) is 4.21. The maximum absolute atomic E-state index is 5.81. The molecule has 0 saturated heterocycles. The van der Waals surface area contributed by atoms with E-state index >= 15 is 0 Å². The van der Waals surface area contributed by atoms with Gasteiger partial charge in [0.1, 0.15) is 10.8 Å². The Morgan fingerprint density at radius 3 is 2.84 bits per heavy atom. The molecule has 1 heterocycles. The number of hydrogen-bond donors (Lipinski definition) is 1. The van der Waals surface area contributed by atoms with Gasteiger partial charge in [0, 0.05) is 42.2 Å². The lowest BCUT2D eigenvalue weighted by molar-refractivity contribution is 0.761. The van der Waals surface area contributed by atoms with Gasteiger partial charge in [0.2, 0.25) is 0 Å². The lowest BCUT2D eigenvalue weighted by atomic mass is 10.1. The summed E-state index contributed by atoms with van der Waals surface area (Å²) in [7, 11) is 3.98. The fourth-order valence-corrected chi connectivity index (χ4v) is 2.84. The summed E-state index contributed by atoms with van der Waals surface area (Å²) >= 11 is 8.62. The molecule has 2 rings (SSSR count). The van der Waals surface area contributed by atoms with Crippen molar-refractivity contribution in [2.45, 2.75) is 6.54 Å². The Hall–Kier alpha value is -1.40. The third kappa shape index (κ3) is 2.96. The van der Waals surface area contributed by atoms with Crippen molar-refractivity contribution < 1.29 is 0 Å². The molecule has 1 aromatic carbocycles. The molecule has 4 nitrogen and oxygen atoms in total. The van der Waals surface area contributed by atoms with Crippen LogP contribution in [0.5, 0.6) is 0 Å². The number of aromatic nitrogens is 2. The van der Waals surface area contributed by atoms with E-state index in [0.29, 0.717) is 11.5 Å². The molecule has 2 N–H and O–H groups in total. The van der Waals surface area contributed by atoms with Gasteiger partial charge in [0.05, 0.1) is 6.54 Å². The van der Waals surface area contributed by atoms with Crippen molar-refractivity contribution in [3.63, 3.8) is 0 Å². The van der Waals surface area contributed by atoms with Crippen molar-refractivity contribution in [1.29, 1.82) is 0 Å². The van der Waals surface area contributed by atoms with Crippen molar-refractivity contribution in [2.24, 2.45) is 12.8 Å². The van der Waals surface area contributed by atoms with E-state index in [-0.39, 0.29) is 0 Å². The van der Waals surface area contributed by atoms with Gasteiger partial charge < -0.3 is 15.2 Å². The van der Waals surface area contributed by atoms with Crippen LogP contribution in [-0.2, 0) is 13.6 Å². The van der Waals surface area contributed by atoms with E-state index in [1.54, 1.807) is 6.20 Å². The van der Waals surface area contributed by atoms with Crippen LogP contribution in [0.1, 0.15) is 11.4 Å². The molecule has 100 valence electrons. The van der Waals surface area contributed by atoms with Gasteiger partial charge in [0.25, 0.3) is 0 Å². The lowest BCUT2D eigenvalue weighted by Crippen LogP contribution is -2.23. The molecule has 6 heteroatoms. The van der Waals surface area contributed by atoms with Gasteiger partial charge in [-0.3, -0.25) is 0 Å². The highest BCUT2D eigenvalue weighted by Crippen LogP contribution is 2.27. The normalized spacial score (nSPS) is 10.5. The van der Waals surface area contributed by atoms with E-state index in [9.17, 15) is 0 Å². The van der Waals surface area contributed by atoms with Crippen molar-refractivity contribution >= 4 is 38.8 Å². The summed E-state index contributed by atoms with van der Waals surface area (Å²) in [6, 6.07) is 5.91. The van der Waals surface area contributed by atoms with Gasteiger partial charge in [0.15, 0.2) is 0 Å². The number of imidazole rings is 1. The van der Waals surface area contributed by atoms with Crippen LogP contribution in [0.15, 0.2) is 35.1 Å². The van der Waals surface area contributed by atoms with Crippen LogP contribution < -0.4 is 10.6 Å². The van der Waals surface area contributed by atoms with Crippen LogP contribution in [0.4, 0.5) is 5.69 Å². The van der Waals surface area contributed by atoms with Crippen molar-refractivity contribution in [2.75, 3.05) is 11.9 Å². The highest BCUT2D eigenvalue weighted by atomic mass is 79.9. The van der Waals surface area contributed by atoms with Gasteiger partial charge in [-0.15, -0.1) is 0 Å². The van der Waals surface area contributed by atoms with Crippen LogP contribution in [0.3, 0.4) is 0 Å². The smallest absolute Gasteiger partial charge is 0.127 e. The highest BCUT2D eigenvalue weighted by molar-refractivity contribution is 9.10. The lowest BCUT2D eigenvalue weighted by Gasteiger charge is -2.22. The second-order valence-electron chi connectivity index (χ2n) is 4.31. The molecule has 0 saturated carbocycles. The molecule has 0 aliphatic rings. The number of nitrogens with two attached hydrogens (primary N) is 1. The first-order chi connectivity index (χ1) is 9.00. The molecule has 0 amide bonds. The first-order valence-corrected chi connectivity index (χ1v) is 6.96. The largest absolute Gasteiger partial charge is 0.389 e. The molecule has 2 aromatic rings. The minimum Gasteiger partial charge on any atom is -0.389 e. The summed E-state index contributed by atoms with van der Waals surface area (Å²) in [5, 5.41) is 0. The molecular formula is C13H15BrN4S. The van der Waals surface area contributed by atoms with Crippen LogP contribution in [0.2, 0.25) is 0 Å². The van der Waals surface area contributed by atoms with E-state index in [2.05, 4.69) is 25.8 Å². The van der Waals surface area contributed by atoms with Crippen molar-refractivity contribution in [3.05, 3.63) is 46.5 Å². The molecule has 1 aromatic heterocycles. The Bertz CT molecular complexity index is 608. The Labute approximate surface area is 126 Å². The van der Waals surface area contributed by atoms with E-state index in [4.69, 9.17) is 18.0 Å². The standard InChI is InChI=1S/C13H15BrN4S/c1-17-7-6-16-11(17)8-18(2)10-5-3-4-9(14)12(10)13(15)19/h3-7H,8H2,1-2H3,(H2,15,19). The monoisotopic (exact) mass is 338 g/mol. The average Bonchev–Trinajstić information content (AvgIpc) is 2.74. The van der Waals surface area contributed by atoms with Gasteiger partial charge in [-0.1, -0.05) is 18.3 Å². The van der Waals surface area contributed by atoms with E-state index in [1.807, 2.05) is 43.1 Å². The SMILES string of the molecule is CN(Cc1nccn1C)c1cccc(Br)c1C(N)=S. The quantitative estimate of drug-likeness (QED) is 0.870. The number of nitrogens with zero attached hydrogens (tertiary/aromatic N) is 3. The fraction of sp³-hybridized carbons (Fsp3) is 0.231. The van der Waals surface area contributed by atoms with E-state index in [0.717, 1.165) is 21.5 Å². The topological polar surface area (TPSA) is 47.1 Å². The number of anilines is 1. The number of benzene rings is 1. The summed E-state index contributed by atoms with van der Waals surface area (Å²) in [6.45, 7) is 0.690. The summed E-state index contributed by atoms with van der Waals surface area (Å²) in [5.41, 5.74) is 7.66. The van der Waals surface area contributed by atoms with Gasteiger partial charge in [-0.2, -0.15) is 0 Å². The molecule has 0 radical (unpaired) electrons. The third-order valence-electron chi connectivity index (χ3n) is 2.95. The molecule has 0 bridgehead atoms. The zero-order valence-electron chi connectivity index (χ0n) is 10.8. The predicted octanol–water partition coefficient (Wildman–Crippen LogP) is 2.45. The summed E-state index contributed by atoms with van der Waals surface area (Å²) in [6.07, 6.45) is 3.72. The summed E-state index contributed by atoms with van der Waals surface area (Å²) in [5.74, 6) is 0.983. The Balaban J connectivity index is 2.34. The number of thiocarbonyl (C=S) groups is 1. The molecule has 0 aliphatic carbocycles. The Morgan fingerprint density at radius 2 is 2.26 bits per heavy atom. The number of hydrogen-bond acceptors (Lipinski definition) is 3. The summed E-state index contributed by atoms with van der Waals surface area (Å²) in [4.78, 5) is 6.79. The minimum atomic E-state index is 0.383. The second kappa shape index (κ2) is 5.71. The molecule has 0 fully saturated rings. The number of halogens is 1. The molecule has 0 unspecified atom stereocenters. The van der Waals surface area contributed by atoms with Crippen LogP contribution in [0.25, 0.3) is 0 Å². The van der Waals surface area contributed by atoms with Crippen molar-refractivity contribution in [1.82, 2.24) is 9.55 Å². The minimum absolute atomic E-state index is 0.383. The highest BCUT2D eigenvalue weighted by Gasteiger charge is 2.14. The molecule has 0 aliphatic heterocycles. The van der Waals surface area contributed by atoms with E-state index in [1.165, 1.54) is 0 Å². The number of aryl methyl sites for hydroxylation is 1. The van der Waals surface area contributed by atoms with Gasteiger partial charge >= 0.3 is 0 Å². The van der Waals surface area contributed by atoms with Crippen LogP contribution in [-0.4, -0.2) is 21.6 Å². The Morgan fingerprint density at radius 1 is 1.53 bits per heavy atom. The zero-order chi connectivity index (χ0) is 14.0. The maximum atomic E-state index is 5.81. The van der Waals surface area contributed by atoms with Crippen molar-refractivity contribution in [3.8, 4) is 0 Å². The molecule has 19 heavy (non-hydrogen) atoms. The van der Waals surface area contributed by atoms with Gasteiger partial charge in [-0.05, 0) is 28.1 Å². The van der Waals surface area contributed by atoms with E-state index < -0.39 is 0 Å². The average molecular weight is 339 g/mol. The van der Waals surface area contributed by atoms with Crippen LogP contribution >= 0.6 is 28.1 Å². The zero-order valence-corrected chi connectivity index (χ0v) is 13.2. The molecule has 0 atom stereocenters. The predicted molar refractivity (Wildman–Crippen MR) is 85.3 cm³/mol. The van der Waals surface area contributed by atoms with Gasteiger partial charge in [-0.25, -0.2) is 4.98 Å². The first-order valence-electron chi connectivity index (χ1n) is 5.76. The first kappa shape index (κ1) is 14.0. The summed E-state index contributed by atoms with van der Waals surface area (Å²) < 4.78 is 2.90.